The van der Waals surface area contributed by atoms with Crippen LogP contribution >= 0.6 is 0 Å². The lowest BCUT2D eigenvalue weighted by Gasteiger charge is -2.35. The van der Waals surface area contributed by atoms with Crippen LogP contribution in [-0.2, 0) is 0 Å². The number of carbonyl (C=O) groups excluding carboxylic acids is 1. The maximum Gasteiger partial charge on any atom is 0.254 e. The maximum absolute atomic E-state index is 13.1. The average Bonchev–Trinajstić information content (AvgIpc) is 2.52. The molecule has 0 unspecified atom stereocenters. The number of carbonyl (C=O) groups is 1. The molecule has 3 rings (SSSR count). The molecule has 1 aromatic carbocycles. The van der Waals surface area contributed by atoms with Crippen LogP contribution in [-0.4, -0.2) is 51.8 Å². The summed E-state index contributed by atoms with van der Waals surface area (Å²) in [4.78, 5) is 19.3. The summed E-state index contributed by atoms with van der Waals surface area (Å²) in [6.07, 6.45) is -0.0611. The highest BCUT2D eigenvalue weighted by Gasteiger charge is 2.31. The number of benzene rings is 1. The number of nitrogens with zero attached hydrogens (tertiary/aromatic N) is 2. The average molecular weight is 328 g/mol. The summed E-state index contributed by atoms with van der Waals surface area (Å²) in [5, 5.41) is 20.3. The van der Waals surface area contributed by atoms with Crippen molar-refractivity contribution in [2.24, 2.45) is 5.92 Å². The van der Waals surface area contributed by atoms with E-state index in [4.69, 9.17) is 0 Å². The SMILES string of the molecule is Cc1cc(C)c2c(C(=O)N3CC[C@H](CO)[C@@H](O)C3)cc(C)nc2c1. The molecule has 1 fully saturated rings. The van der Waals surface area contributed by atoms with E-state index in [2.05, 4.69) is 11.1 Å². The van der Waals surface area contributed by atoms with Gasteiger partial charge < -0.3 is 15.1 Å². The Bertz CT molecular complexity index is 783. The molecule has 2 atom stereocenters. The molecule has 5 nitrogen and oxygen atoms in total. The molecule has 0 bridgehead atoms. The van der Waals surface area contributed by atoms with Gasteiger partial charge in [-0.05, 0) is 50.5 Å². The molecular formula is C19H24N2O3. The third-order valence-electron chi connectivity index (χ3n) is 4.85. The van der Waals surface area contributed by atoms with E-state index in [1.54, 1.807) is 4.90 Å². The molecule has 2 N–H and O–H groups in total. The zero-order valence-electron chi connectivity index (χ0n) is 14.4. The lowest BCUT2D eigenvalue weighted by Crippen LogP contribution is -2.47. The van der Waals surface area contributed by atoms with Crippen molar-refractivity contribution in [3.05, 3.63) is 40.6 Å². The summed E-state index contributed by atoms with van der Waals surface area (Å²) in [6, 6.07) is 5.89. The number of aryl methyl sites for hydroxylation is 3. The highest BCUT2D eigenvalue weighted by atomic mass is 16.3. The first-order valence-corrected chi connectivity index (χ1v) is 8.37. The van der Waals surface area contributed by atoms with Crippen molar-refractivity contribution in [1.82, 2.24) is 9.88 Å². The summed E-state index contributed by atoms with van der Waals surface area (Å²) in [5.41, 5.74) is 4.44. The standard InChI is InChI=1S/C19H24N2O3/c1-11-6-12(2)18-15(8-13(3)20-16(18)7-11)19(24)21-5-4-14(10-22)17(23)9-21/h6-8,14,17,22-23H,4-5,9-10H2,1-3H3/t14-,17+/m1/s1. The van der Waals surface area contributed by atoms with Gasteiger partial charge in [-0.25, -0.2) is 0 Å². The molecule has 1 amide bonds. The lowest BCUT2D eigenvalue weighted by atomic mass is 9.93. The zero-order chi connectivity index (χ0) is 17.4. The number of likely N-dealkylation sites (tertiary alicyclic amines) is 1. The number of rotatable bonds is 2. The van der Waals surface area contributed by atoms with E-state index in [1.807, 2.05) is 32.9 Å². The van der Waals surface area contributed by atoms with E-state index in [9.17, 15) is 15.0 Å². The molecule has 0 radical (unpaired) electrons. The minimum Gasteiger partial charge on any atom is -0.396 e. The van der Waals surface area contributed by atoms with Gasteiger partial charge in [-0.15, -0.1) is 0 Å². The van der Waals surface area contributed by atoms with E-state index in [-0.39, 0.29) is 25.0 Å². The first-order valence-electron chi connectivity index (χ1n) is 8.37. The minimum atomic E-state index is -0.676. The Morgan fingerprint density at radius 1 is 1.29 bits per heavy atom. The molecule has 0 saturated carbocycles. The van der Waals surface area contributed by atoms with Crippen LogP contribution in [0.5, 0.6) is 0 Å². The monoisotopic (exact) mass is 328 g/mol. The second-order valence-electron chi connectivity index (χ2n) is 6.84. The van der Waals surface area contributed by atoms with E-state index in [0.717, 1.165) is 27.7 Å². The fourth-order valence-corrected chi connectivity index (χ4v) is 3.60. The molecule has 24 heavy (non-hydrogen) atoms. The Hall–Kier alpha value is -1.98. The molecule has 128 valence electrons. The molecule has 0 spiro atoms. The van der Waals surface area contributed by atoms with Crippen molar-refractivity contribution >= 4 is 16.8 Å². The summed E-state index contributed by atoms with van der Waals surface area (Å²) < 4.78 is 0. The van der Waals surface area contributed by atoms with Gasteiger partial charge in [0.2, 0.25) is 0 Å². The van der Waals surface area contributed by atoms with Crippen LogP contribution in [0.2, 0.25) is 0 Å². The fourth-order valence-electron chi connectivity index (χ4n) is 3.60. The number of hydrogen-bond donors (Lipinski definition) is 2. The van der Waals surface area contributed by atoms with Gasteiger partial charge in [0.05, 0.1) is 17.2 Å². The summed E-state index contributed by atoms with van der Waals surface area (Å²) in [7, 11) is 0. The molecule has 0 aliphatic carbocycles. The number of amides is 1. The van der Waals surface area contributed by atoms with Crippen molar-refractivity contribution < 1.29 is 15.0 Å². The Morgan fingerprint density at radius 3 is 2.71 bits per heavy atom. The fraction of sp³-hybridized carbons (Fsp3) is 0.474. The molecule has 2 aromatic rings. The van der Waals surface area contributed by atoms with Crippen LogP contribution in [0, 0.1) is 26.7 Å². The van der Waals surface area contributed by atoms with Gasteiger partial charge in [-0.1, -0.05) is 6.07 Å². The Kier molecular flexibility index (Phi) is 4.56. The molecule has 5 heteroatoms. The molecule has 1 aliphatic rings. The number of aliphatic hydroxyl groups excluding tert-OH is 2. The van der Waals surface area contributed by atoms with Crippen molar-refractivity contribution in [2.75, 3.05) is 19.7 Å². The van der Waals surface area contributed by atoms with Gasteiger partial charge in [0, 0.05) is 36.7 Å². The van der Waals surface area contributed by atoms with Crippen LogP contribution in [0.4, 0.5) is 0 Å². The van der Waals surface area contributed by atoms with Gasteiger partial charge in [0.1, 0.15) is 0 Å². The maximum atomic E-state index is 13.1. The largest absolute Gasteiger partial charge is 0.396 e. The Balaban J connectivity index is 2.01. The van der Waals surface area contributed by atoms with Gasteiger partial charge in [0.15, 0.2) is 0 Å². The van der Waals surface area contributed by atoms with Crippen LogP contribution in [0.15, 0.2) is 18.2 Å². The normalized spacial score (nSPS) is 21.3. The first-order chi connectivity index (χ1) is 11.4. The second kappa shape index (κ2) is 6.49. The molecule has 1 aliphatic heterocycles. The third-order valence-corrected chi connectivity index (χ3v) is 4.85. The third kappa shape index (κ3) is 3.01. The number of aromatic nitrogens is 1. The highest BCUT2D eigenvalue weighted by molar-refractivity contribution is 6.07. The summed E-state index contributed by atoms with van der Waals surface area (Å²) >= 11 is 0. The highest BCUT2D eigenvalue weighted by Crippen LogP contribution is 2.27. The van der Waals surface area contributed by atoms with Crippen molar-refractivity contribution in [3.8, 4) is 0 Å². The molecule has 2 heterocycles. The van der Waals surface area contributed by atoms with Gasteiger partial charge in [-0.2, -0.15) is 0 Å². The van der Waals surface area contributed by atoms with Gasteiger partial charge >= 0.3 is 0 Å². The minimum absolute atomic E-state index is 0.0428. The number of pyridine rings is 1. The number of hydrogen-bond acceptors (Lipinski definition) is 4. The van der Waals surface area contributed by atoms with Crippen LogP contribution in [0.3, 0.4) is 0 Å². The first kappa shape index (κ1) is 16.9. The van der Waals surface area contributed by atoms with Crippen LogP contribution in [0.1, 0.15) is 33.6 Å². The quantitative estimate of drug-likeness (QED) is 0.884. The Labute approximate surface area is 141 Å². The van der Waals surface area contributed by atoms with E-state index < -0.39 is 6.10 Å². The van der Waals surface area contributed by atoms with Crippen molar-refractivity contribution in [2.45, 2.75) is 33.3 Å². The summed E-state index contributed by atoms with van der Waals surface area (Å²) in [6.45, 7) is 6.68. The molecular weight excluding hydrogens is 304 g/mol. The van der Waals surface area contributed by atoms with Gasteiger partial charge in [0.25, 0.3) is 5.91 Å². The topological polar surface area (TPSA) is 73.7 Å². The smallest absolute Gasteiger partial charge is 0.254 e. The lowest BCUT2D eigenvalue weighted by molar-refractivity contribution is 0.000945. The predicted molar refractivity (Wildman–Crippen MR) is 93.1 cm³/mol. The Morgan fingerprint density at radius 2 is 2.04 bits per heavy atom. The second-order valence-corrected chi connectivity index (χ2v) is 6.84. The zero-order valence-corrected chi connectivity index (χ0v) is 14.4. The van der Waals surface area contributed by atoms with Crippen molar-refractivity contribution in [3.63, 3.8) is 0 Å². The molecule has 1 saturated heterocycles. The number of β-amino-alcohol motifs (C(OH)–C–C–N with tert-alkyl or cyclic N) is 1. The van der Waals surface area contributed by atoms with E-state index >= 15 is 0 Å². The van der Waals surface area contributed by atoms with Crippen molar-refractivity contribution in [1.29, 1.82) is 0 Å². The number of piperidine rings is 1. The van der Waals surface area contributed by atoms with Crippen LogP contribution in [0.25, 0.3) is 10.9 Å². The predicted octanol–water partition coefficient (Wildman–Crippen LogP) is 1.98. The van der Waals surface area contributed by atoms with Crippen LogP contribution < -0.4 is 0 Å². The molecule has 1 aromatic heterocycles. The van der Waals surface area contributed by atoms with Gasteiger partial charge in [-0.3, -0.25) is 9.78 Å². The van der Waals surface area contributed by atoms with E-state index in [0.29, 0.717) is 18.5 Å². The number of fused-ring (bicyclic) bond motifs is 1. The number of aliphatic hydroxyl groups is 2. The van der Waals surface area contributed by atoms with E-state index in [1.165, 1.54) is 0 Å². The summed E-state index contributed by atoms with van der Waals surface area (Å²) in [5.74, 6) is -0.220.